The van der Waals surface area contributed by atoms with E-state index in [9.17, 15) is 4.39 Å². The average molecular weight is 359 g/mol. The van der Waals surface area contributed by atoms with Gasteiger partial charge in [0, 0.05) is 4.47 Å². The second-order valence-electron chi connectivity index (χ2n) is 4.84. The summed E-state index contributed by atoms with van der Waals surface area (Å²) in [5.41, 5.74) is 4.26. The topological polar surface area (TPSA) is 63.8 Å². The molecule has 4 nitrogen and oxygen atoms in total. The fourth-order valence-corrected chi connectivity index (χ4v) is 3.18. The number of nitrogens with zero attached hydrogens (tertiary/aromatic N) is 2. The molecule has 1 unspecified atom stereocenters. The van der Waals surface area contributed by atoms with E-state index in [2.05, 4.69) is 30.9 Å². The van der Waals surface area contributed by atoms with Crippen molar-refractivity contribution in [3.05, 3.63) is 44.6 Å². The lowest BCUT2D eigenvalue weighted by molar-refractivity contribution is 0.529. The Bertz CT molecular complexity index is 588. The Balaban J connectivity index is 2.26. The van der Waals surface area contributed by atoms with Crippen LogP contribution in [0.1, 0.15) is 41.9 Å². The molecular formula is C13H16BrFN4S. The Morgan fingerprint density at radius 1 is 1.45 bits per heavy atom. The molecule has 1 aromatic carbocycles. The lowest BCUT2D eigenvalue weighted by atomic mass is 10.0. The standard InChI is InChI=1S/C13H16BrFN4S/c1-7(2)12-13(20-19-18-12)11(17-16)5-8-3-4-9(14)6-10(8)15/h3-4,6-7,11,17H,5,16H2,1-2H3. The van der Waals surface area contributed by atoms with Crippen molar-refractivity contribution in [3.8, 4) is 0 Å². The third-order valence-corrected chi connectivity index (χ3v) is 4.39. The van der Waals surface area contributed by atoms with Gasteiger partial charge in [-0.2, -0.15) is 0 Å². The van der Waals surface area contributed by atoms with Crippen LogP contribution < -0.4 is 11.3 Å². The minimum Gasteiger partial charge on any atom is -0.271 e. The van der Waals surface area contributed by atoms with Crippen LogP contribution in [0.15, 0.2) is 22.7 Å². The molecule has 0 fully saturated rings. The van der Waals surface area contributed by atoms with Crippen LogP contribution in [0.3, 0.4) is 0 Å². The zero-order valence-corrected chi connectivity index (χ0v) is 13.6. The van der Waals surface area contributed by atoms with Crippen LogP contribution in [0.4, 0.5) is 4.39 Å². The number of aromatic nitrogens is 2. The zero-order valence-electron chi connectivity index (χ0n) is 11.2. The number of hydrogen-bond acceptors (Lipinski definition) is 5. The van der Waals surface area contributed by atoms with Crippen molar-refractivity contribution >= 4 is 27.5 Å². The molecule has 7 heteroatoms. The Morgan fingerprint density at radius 3 is 2.80 bits per heavy atom. The largest absolute Gasteiger partial charge is 0.271 e. The highest BCUT2D eigenvalue weighted by molar-refractivity contribution is 9.10. The summed E-state index contributed by atoms with van der Waals surface area (Å²) in [6.45, 7) is 4.10. The summed E-state index contributed by atoms with van der Waals surface area (Å²) >= 11 is 4.55. The minimum absolute atomic E-state index is 0.192. The Morgan fingerprint density at radius 2 is 2.20 bits per heavy atom. The second kappa shape index (κ2) is 6.71. The van der Waals surface area contributed by atoms with Gasteiger partial charge in [0.1, 0.15) is 5.82 Å². The van der Waals surface area contributed by atoms with Crippen molar-refractivity contribution < 1.29 is 4.39 Å². The molecule has 0 amide bonds. The van der Waals surface area contributed by atoms with Crippen LogP contribution in [0.25, 0.3) is 0 Å². The molecule has 1 aromatic heterocycles. The molecule has 2 rings (SSSR count). The fraction of sp³-hybridized carbons (Fsp3) is 0.385. The molecule has 0 radical (unpaired) electrons. The molecule has 0 bridgehead atoms. The van der Waals surface area contributed by atoms with E-state index in [1.165, 1.54) is 17.6 Å². The van der Waals surface area contributed by atoms with Crippen LogP contribution in [-0.4, -0.2) is 9.59 Å². The van der Waals surface area contributed by atoms with Crippen LogP contribution in [0, 0.1) is 5.82 Å². The Hall–Kier alpha value is -0.890. The summed E-state index contributed by atoms with van der Waals surface area (Å²) in [5.74, 6) is 5.64. The Kier molecular flexibility index (Phi) is 5.20. The maximum Gasteiger partial charge on any atom is 0.127 e. The molecule has 1 heterocycles. The van der Waals surface area contributed by atoms with Gasteiger partial charge >= 0.3 is 0 Å². The molecule has 0 saturated heterocycles. The van der Waals surface area contributed by atoms with Crippen molar-refractivity contribution in [1.29, 1.82) is 0 Å². The summed E-state index contributed by atoms with van der Waals surface area (Å²) in [4.78, 5) is 0.963. The number of benzene rings is 1. The van der Waals surface area contributed by atoms with E-state index in [0.29, 0.717) is 12.0 Å². The first kappa shape index (κ1) is 15.5. The van der Waals surface area contributed by atoms with Crippen LogP contribution >= 0.6 is 27.5 Å². The van der Waals surface area contributed by atoms with E-state index in [1.54, 1.807) is 6.07 Å². The highest BCUT2D eigenvalue weighted by Crippen LogP contribution is 2.29. The highest BCUT2D eigenvalue weighted by atomic mass is 79.9. The third-order valence-electron chi connectivity index (χ3n) is 3.04. The Labute approximate surface area is 129 Å². The van der Waals surface area contributed by atoms with E-state index >= 15 is 0 Å². The molecule has 3 N–H and O–H groups in total. The van der Waals surface area contributed by atoms with Gasteiger partial charge in [-0.15, -0.1) is 5.10 Å². The van der Waals surface area contributed by atoms with Crippen LogP contribution in [-0.2, 0) is 6.42 Å². The fourth-order valence-electron chi connectivity index (χ4n) is 1.98. The van der Waals surface area contributed by atoms with Crippen molar-refractivity contribution in [2.75, 3.05) is 0 Å². The summed E-state index contributed by atoms with van der Waals surface area (Å²) in [6.07, 6.45) is 0.458. The summed E-state index contributed by atoms with van der Waals surface area (Å²) in [5, 5.41) is 4.13. The van der Waals surface area contributed by atoms with Gasteiger partial charge in [0.2, 0.25) is 0 Å². The predicted octanol–water partition coefficient (Wildman–Crippen LogP) is 3.31. The van der Waals surface area contributed by atoms with E-state index in [-0.39, 0.29) is 17.8 Å². The number of hydrogen-bond donors (Lipinski definition) is 2. The average Bonchev–Trinajstić information content (AvgIpc) is 2.87. The second-order valence-corrected chi connectivity index (χ2v) is 6.54. The molecule has 0 aliphatic carbocycles. The third kappa shape index (κ3) is 3.41. The van der Waals surface area contributed by atoms with E-state index in [4.69, 9.17) is 5.84 Å². The number of halogens is 2. The summed E-state index contributed by atoms with van der Waals surface area (Å²) in [6, 6.07) is 4.84. The number of hydrazine groups is 1. The van der Waals surface area contributed by atoms with Gasteiger partial charge in [0.05, 0.1) is 16.6 Å². The van der Waals surface area contributed by atoms with Crippen molar-refractivity contribution in [2.45, 2.75) is 32.2 Å². The number of nitrogens with two attached hydrogens (primary N) is 1. The van der Waals surface area contributed by atoms with Crippen LogP contribution in [0.5, 0.6) is 0 Å². The van der Waals surface area contributed by atoms with E-state index in [1.807, 2.05) is 19.9 Å². The van der Waals surface area contributed by atoms with Crippen LogP contribution in [0.2, 0.25) is 0 Å². The molecule has 0 spiro atoms. The van der Waals surface area contributed by atoms with Crippen molar-refractivity contribution in [1.82, 2.24) is 15.0 Å². The lowest BCUT2D eigenvalue weighted by Crippen LogP contribution is -2.30. The maximum absolute atomic E-state index is 13.9. The molecule has 1 atom stereocenters. The lowest BCUT2D eigenvalue weighted by Gasteiger charge is -2.16. The van der Waals surface area contributed by atoms with Gasteiger partial charge in [0.15, 0.2) is 0 Å². The first-order valence-corrected chi connectivity index (χ1v) is 7.81. The smallest absolute Gasteiger partial charge is 0.127 e. The van der Waals surface area contributed by atoms with Crippen molar-refractivity contribution in [2.24, 2.45) is 5.84 Å². The minimum atomic E-state index is -0.247. The zero-order chi connectivity index (χ0) is 14.7. The predicted molar refractivity (Wildman–Crippen MR) is 81.9 cm³/mol. The monoisotopic (exact) mass is 358 g/mol. The number of rotatable bonds is 5. The first-order chi connectivity index (χ1) is 9.52. The van der Waals surface area contributed by atoms with Gasteiger partial charge < -0.3 is 0 Å². The van der Waals surface area contributed by atoms with Gasteiger partial charge in [-0.05, 0) is 41.6 Å². The molecule has 0 aliphatic rings. The highest BCUT2D eigenvalue weighted by Gasteiger charge is 2.21. The van der Waals surface area contributed by atoms with E-state index < -0.39 is 0 Å². The normalized spacial score (nSPS) is 12.9. The van der Waals surface area contributed by atoms with Gasteiger partial charge in [0.25, 0.3) is 0 Å². The van der Waals surface area contributed by atoms with Crippen molar-refractivity contribution in [3.63, 3.8) is 0 Å². The first-order valence-electron chi connectivity index (χ1n) is 6.25. The maximum atomic E-state index is 13.9. The molecule has 108 valence electrons. The van der Waals surface area contributed by atoms with Gasteiger partial charge in [-0.25, -0.2) is 4.39 Å². The molecular weight excluding hydrogens is 343 g/mol. The molecule has 20 heavy (non-hydrogen) atoms. The van der Waals surface area contributed by atoms with Gasteiger partial charge in [-0.1, -0.05) is 40.3 Å². The van der Waals surface area contributed by atoms with Gasteiger partial charge in [-0.3, -0.25) is 11.3 Å². The van der Waals surface area contributed by atoms with E-state index in [0.717, 1.165) is 15.0 Å². The quantitative estimate of drug-likeness (QED) is 0.635. The molecule has 0 aliphatic heterocycles. The molecule has 2 aromatic rings. The molecule has 0 saturated carbocycles. The summed E-state index contributed by atoms with van der Waals surface area (Å²) in [7, 11) is 0. The summed E-state index contributed by atoms with van der Waals surface area (Å²) < 4.78 is 18.6. The SMILES string of the molecule is CC(C)c1nnsc1C(Cc1ccc(Br)cc1F)NN. The number of nitrogens with one attached hydrogen (secondary N) is 1.